The van der Waals surface area contributed by atoms with Gasteiger partial charge in [-0.05, 0) is 51.8 Å². The molecule has 2 aromatic heterocycles. The number of carbonyl (C=O) groups is 1. The molecule has 0 bridgehead atoms. The van der Waals surface area contributed by atoms with Gasteiger partial charge in [-0.1, -0.05) is 12.1 Å². The molecule has 0 spiro atoms. The summed E-state index contributed by atoms with van der Waals surface area (Å²) >= 11 is 0. The highest BCUT2D eigenvalue weighted by Gasteiger charge is 2.31. The number of likely N-dealkylation sites (tertiary alicyclic amines) is 1. The second kappa shape index (κ2) is 8.98. The Bertz CT molecular complexity index is 1070. The van der Waals surface area contributed by atoms with E-state index in [0.29, 0.717) is 13.1 Å². The minimum Gasteiger partial charge on any atom is -0.497 e. The lowest BCUT2D eigenvalue weighted by Crippen LogP contribution is -2.41. The van der Waals surface area contributed by atoms with E-state index >= 15 is 0 Å². The fraction of sp³-hybridized carbons (Fsp3) is 0.417. The van der Waals surface area contributed by atoms with Crippen LogP contribution in [0.1, 0.15) is 45.2 Å². The van der Waals surface area contributed by atoms with Crippen LogP contribution in [0.4, 0.5) is 4.79 Å². The van der Waals surface area contributed by atoms with Crippen molar-refractivity contribution in [2.75, 3.05) is 20.2 Å². The molecule has 4 rings (SSSR count). The van der Waals surface area contributed by atoms with Crippen molar-refractivity contribution in [3.8, 4) is 28.3 Å². The van der Waals surface area contributed by atoms with E-state index in [4.69, 9.17) is 9.47 Å². The van der Waals surface area contributed by atoms with Crippen molar-refractivity contribution in [2.24, 2.45) is 0 Å². The summed E-state index contributed by atoms with van der Waals surface area (Å²) in [5, 5.41) is 7.94. The first kappa shape index (κ1) is 21.8. The molecule has 3 heterocycles. The number of nitrogens with zero attached hydrogens (tertiary/aromatic N) is 4. The van der Waals surface area contributed by atoms with Gasteiger partial charge >= 0.3 is 6.09 Å². The molecule has 0 aliphatic carbocycles. The summed E-state index contributed by atoms with van der Waals surface area (Å²) < 4.78 is 10.9. The molecule has 3 aromatic rings. The maximum absolute atomic E-state index is 12.4. The Labute approximate surface area is 188 Å². The fourth-order valence-corrected chi connectivity index (χ4v) is 4.01. The molecule has 1 aliphatic heterocycles. The standard InChI is InChI=1S/C24H29N5O3/c1-24(2,3)32-23(30)29-12-9-16(10-13-29)21-20(19-8-11-25-15-26-19)22(28-27-21)17-6-5-7-18(14-17)31-4/h5-8,11,14-16H,9-10,12-13H2,1-4H3,(H,27,28). The van der Waals surface area contributed by atoms with Crippen LogP contribution in [0.15, 0.2) is 42.9 Å². The Kier molecular flexibility index (Phi) is 6.12. The van der Waals surface area contributed by atoms with Gasteiger partial charge in [-0.2, -0.15) is 5.10 Å². The Morgan fingerprint density at radius 1 is 1.19 bits per heavy atom. The van der Waals surface area contributed by atoms with E-state index in [9.17, 15) is 4.79 Å². The van der Waals surface area contributed by atoms with E-state index in [-0.39, 0.29) is 12.0 Å². The van der Waals surface area contributed by atoms with Crippen LogP contribution >= 0.6 is 0 Å². The Hall–Kier alpha value is -3.42. The smallest absolute Gasteiger partial charge is 0.410 e. The number of hydrogen-bond donors (Lipinski definition) is 1. The maximum atomic E-state index is 12.4. The van der Waals surface area contributed by atoms with Gasteiger partial charge in [0.2, 0.25) is 0 Å². The van der Waals surface area contributed by atoms with E-state index < -0.39 is 5.60 Å². The molecular formula is C24H29N5O3. The molecule has 32 heavy (non-hydrogen) atoms. The number of rotatable bonds is 4. The quantitative estimate of drug-likeness (QED) is 0.641. The first-order valence-electron chi connectivity index (χ1n) is 10.8. The van der Waals surface area contributed by atoms with Crippen molar-refractivity contribution in [1.29, 1.82) is 0 Å². The van der Waals surface area contributed by atoms with Gasteiger partial charge in [-0.25, -0.2) is 14.8 Å². The first-order chi connectivity index (χ1) is 15.4. The third-order valence-electron chi connectivity index (χ3n) is 5.53. The SMILES string of the molecule is COc1cccc(-c2n[nH]c(C3CCN(C(=O)OC(C)(C)C)CC3)c2-c2ccncn2)c1. The van der Waals surface area contributed by atoms with Crippen molar-refractivity contribution >= 4 is 6.09 Å². The van der Waals surface area contributed by atoms with Gasteiger partial charge < -0.3 is 14.4 Å². The predicted octanol–water partition coefficient (Wildman–Crippen LogP) is 4.66. The second-order valence-electron chi connectivity index (χ2n) is 8.93. The predicted molar refractivity (Wildman–Crippen MR) is 121 cm³/mol. The molecule has 168 valence electrons. The molecule has 0 saturated carbocycles. The van der Waals surface area contributed by atoms with Crippen LogP contribution in [-0.2, 0) is 4.74 Å². The molecule has 1 amide bonds. The van der Waals surface area contributed by atoms with E-state index in [2.05, 4.69) is 20.2 Å². The van der Waals surface area contributed by atoms with Gasteiger partial charge in [0, 0.05) is 42.0 Å². The molecule has 1 saturated heterocycles. The van der Waals surface area contributed by atoms with Gasteiger partial charge in [-0.15, -0.1) is 0 Å². The summed E-state index contributed by atoms with van der Waals surface area (Å²) in [6, 6.07) is 9.74. The number of nitrogens with one attached hydrogen (secondary N) is 1. The van der Waals surface area contributed by atoms with Gasteiger partial charge in [-0.3, -0.25) is 5.10 Å². The lowest BCUT2D eigenvalue weighted by atomic mass is 9.89. The fourth-order valence-electron chi connectivity index (χ4n) is 4.01. The average molecular weight is 436 g/mol. The number of aromatic amines is 1. The zero-order chi connectivity index (χ0) is 22.7. The molecule has 1 aromatic carbocycles. The zero-order valence-corrected chi connectivity index (χ0v) is 19.0. The molecule has 8 nitrogen and oxygen atoms in total. The summed E-state index contributed by atoms with van der Waals surface area (Å²) in [6.45, 7) is 6.93. The number of ether oxygens (including phenoxy) is 2. The molecule has 0 unspecified atom stereocenters. The van der Waals surface area contributed by atoms with Crippen LogP contribution in [0.5, 0.6) is 5.75 Å². The van der Waals surface area contributed by atoms with Crippen molar-refractivity contribution in [3.05, 3.63) is 48.5 Å². The van der Waals surface area contributed by atoms with E-state index in [1.54, 1.807) is 24.5 Å². The molecule has 1 aliphatic rings. The third-order valence-corrected chi connectivity index (χ3v) is 5.53. The van der Waals surface area contributed by atoms with Crippen LogP contribution in [0.3, 0.4) is 0 Å². The number of methoxy groups -OCH3 is 1. The highest BCUT2D eigenvalue weighted by molar-refractivity contribution is 5.81. The number of aromatic nitrogens is 4. The number of carbonyl (C=O) groups excluding carboxylic acids is 1. The molecule has 0 atom stereocenters. The van der Waals surface area contributed by atoms with E-state index in [1.807, 2.05) is 51.1 Å². The van der Waals surface area contributed by atoms with Gasteiger partial charge in [0.25, 0.3) is 0 Å². The van der Waals surface area contributed by atoms with Crippen molar-refractivity contribution in [3.63, 3.8) is 0 Å². The summed E-state index contributed by atoms with van der Waals surface area (Å²) in [7, 11) is 1.65. The van der Waals surface area contributed by atoms with Crippen LogP contribution in [0.25, 0.3) is 22.5 Å². The third kappa shape index (κ3) is 4.74. The van der Waals surface area contributed by atoms with Gasteiger partial charge in [0.15, 0.2) is 0 Å². The first-order valence-corrected chi connectivity index (χ1v) is 10.8. The van der Waals surface area contributed by atoms with Crippen molar-refractivity contribution in [2.45, 2.75) is 45.1 Å². The second-order valence-corrected chi connectivity index (χ2v) is 8.93. The zero-order valence-electron chi connectivity index (χ0n) is 19.0. The molecular weight excluding hydrogens is 406 g/mol. The number of benzene rings is 1. The Balaban J connectivity index is 1.63. The minimum absolute atomic E-state index is 0.227. The summed E-state index contributed by atoms with van der Waals surface area (Å²) in [5.41, 5.74) is 4.10. The highest BCUT2D eigenvalue weighted by atomic mass is 16.6. The number of piperidine rings is 1. The van der Waals surface area contributed by atoms with Crippen LogP contribution in [-0.4, -0.2) is 57.0 Å². The van der Waals surface area contributed by atoms with Crippen molar-refractivity contribution < 1.29 is 14.3 Å². The minimum atomic E-state index is -0.497. The van der Waals surface area contributed by atoms with Crippen LogP contribution < -0.4 is 4.74 Å². The number of hydrogen-bond acceptors (Lipinski definition) is 6. The highest BCUT2D eigenvalue weighted by Crippen LogP contribution is 2.39. The summed E-state index contributed by atoms with van der Waals surface area (Å²) in [4.78, 5) is 22.8. The van der Waals surface area contributed by atoms with E-state index in [1.165, 1.54) is 0 Å². The van der Waals surface area contributed by atoms with Crippen molar-refractivity contribution in [1.82, 2.24) is 25.1 Å². The molecule has 1 N–H and O–H groups in total. The van der Waals surface area contributed by atoms with E-state index in [0.717, 1.165) is 46.8 Å². The number of H-pyrrole nitrogens is 1. The molecule has 1 fully saturated rings. The lowest BCUT2D eigenvalue weighted by Gasteiger charge is -2.33. The number of amides is 1. The summed E-state index contributed by atoms with van der Waals surface area (Å²) in [5.74, 6) is 0.997. The lowest BCUT2D eigenvalue weighted by molar-refractivity contribution is 0.0204. The Morgan fingerprint density at radius 3 is 2.62 bits per heavy atom. The largest absolute Gasteiger partial charge is 0.497 e. The van der Waals surface area contributed by atoms with Crippen LogP contribution in [0, 0.1) is 0 Å². The molecule has 0 radical (unpaired) electrons. The maximum Gasteiger partial charge on any atom is 0.410 e. The van der Waals surface area contributed by atoms with Gasteiger partial charge in [0.1, 0.15) is 23.4 Å². The molecule has 8 heteroatoms. The average Bonchev–Trinajstić information content (AvgIpc) is 3.24. The topological polar surface area (TPSA) is 93.2 Å². The normalized spacial score (nSPS) is 14.9. The summed E-state index contributed by atoms with van der Waals surface area (Å²) in [6.07, 6.45) is 4.66. The van der Waals surface area contributed by atoms with Gasteiger partial charge in [0.05, 0.1) is 12.8 Å². The van der Waals surface area contributed by atoms with Crippen LogP contribution in [0.2, 0.25) is 0 Å². The Morgan fingerprint density at radius 2 is 1.97 bits per heavy atom. The monoisotopic (exact) mass is 435 g/mol.